The van der Waals surface area contributed by atoms with Gasteiger partial charge < -0.3 is 5.32 Å². The van der Waals surface area contributed by atoms with Crippen molar-refractivity contribution in [3.63, 3.8) is 0 Å². The zero-order valence-corrected chi connectivity index (χ0v) is 16.5. The maximum Gasteiger partial charge on any atom is 0.237 e. The van der Waals surface area contributed by atoms with Crippen LogP contribution in [0, 0.1) is 0 Å². The molecule has 0 bridgehead atoms. The van der Waals surface area contributed by atoms with E-state index < -0.39 is 5.25 Å². The van der Waals surface area contributed by atoms with E-state index in [1.54, 1.807) is 16.8 Å². The molecule has 0 aliphatic rings. The van der Waals surface area contributed by atoms with E-state index >= 15 is 0 Å². The molecule has 4 rings (SSSR count). The fourth-order valence-corrected chi connectivity index (χ4v) is 3.71. The summed E-state index contributed by atoms with van der Waals surface area (Å²) >= 11 is 7.23. The van der Waals surface area contributed by atoms with Gasteiger partial charge in [0.05, 0.1) is 10.9 Å². The van der Waals surface area contributed by atoms with Crippen LogP contribution in [0.15, 0.2) is 71.9 Å². The molecular formula is C20H16ClN5OS. The van der Waals surface area contributed by atoms with Gasteiger partial charge in [-0.05, 0) is 53.1 Å². The molecule has 4 aromatic rings. The zero-order chi connectivity index (χ0) is 19.5. The summed E-state index contributed by atoms with van der Waals surface area (Å²) in [5.74, 6) is -0.119. The molecule has 0 saturated carbocycles. The Balaban J connectivity index is 1.51. The average Bonchev–Trinajstić information content (AvgIpc) is 3.17. The van der Waals surface area contributed by atoms with Gasteiger partial charge in [0.1, 0.15) is 0 Å². The van der Waals surface area contributed by atoms with Crippen molar-refractivity contribution in [1.29, 1.82) is 0 Å². The minimum absolute atomic E-state index is 0.119. The summed E-state index contributed by atoms with van der Waals surface area (Å²) < 4.78 is 1.59. The minimum Gasteiger partial charge on any atom is -0.325 e. The van der Waals surface area contributed by atoms with Crippen LogP contribution in [-0.4, -0.2) is 31.4 Å². The first kappa shape index (κ1) is 18.5. The van der Waals surface area contributed by atoms with Gasteiger partial charge in [0.25, 0.3) is 0 Å². The van der Waals surface area contributed by atoms with Crippen LogP contribution in [0.2, 0.25) is 5.02 Å². The molecule has 140 valence electrons. The average molecular weight is 410 g/mol. The summed E-state index contributed by atoms with van der Waals surface area (Å²) in [6, 6.07) is 21.0. The van der Waals surface area contributed by atoms with E-state index in [1.165, 1.54) is 11.8 Å². The van der Waals surface area contributed by atoms with Gasteiger partial charge in [0.15, 0.2) is 0 Å². The Hall–Kier alpha value is -2.90. The number of aromatic nitrogens is 4. The molecule has 0 radical (unpaired) electrons. The largest absolute Gasteiger partial charge is 0.325 e. The molecule has 0 aliphatic carbocycles. The number of rotatable bonds is 5. The highest BCUT2D eigenvalue weighted by Gasteiger charge is 2.20. The van der Waals surface area contributed by atoms with Crippen LogP contribution in [0.5, 0.6) is 0 Å². The molecule has 6 nitrogen and oxygen atoms in total. The molecule has 28 heavy (non-hydrogen) atoms. The highest BCUT2D eigenvalue weighted by molar-refractivity contribution is 8.00. The molecule has 0 fully saturated rings. The van der Waals surface area contributed by atoms with Crippen molar-refractivity contribution in [2.24, 2.45) is 0 Å². The molecule has 8 heteroatoms. The Bertz CT molecular complexity index is 1120. The van der Waals surface area contributed by atoms with Gasteiger partial charge in [-0.3, -0.25) is 4.79 Å². The minimum atomic E-state index is -0.393. The molecule has 0 spiro atoms. The quantitative estimate of drug-likeness (QED) is 0.488. The fraction of sp³-hybridized carbons (Fsp3) is 0.100. The predicted molar refractivity (Wildman–Crippen MR) is 112 cm³/mol. The SMILES string of the molecule is C[C@H](Sc1nnnn1-c1ccc(Cl)cc1)C(=O)Nc1cccc2ccccc12. The van der Waals surface area contributed by atoms with Crippen LogP contribution in [-0.2, 0) is 4.79 Å². The Labute approximate surface area is 170 Å². The van der Waals surface area contributed by atoms with Crippen molar-refractivity contribution in [3.05, 3.63) is 71.8 Å². The van der Waals surface area contributed by atoms with Crippen molar-refractivity contribution in [2.75, 3.05) is 5.32 Å². The van der Waals surface area contributed by atoms with Gasteiger partial charge in [-0.25, -0.2) is 0 Å². The first-order chi connectivity index (χ1) is 13.6. The summed E-state index contributed by atoms with van der Waals surface area (Å²) in [6.45, 7) is 1.83. The van der Waals surface area contributed by atoms with Crippen LogP contribution in [0.1, 0.15) is 6.92 Å². The normalized spacial score (nSPS) is 12.1. The van der Waals surface area contributed by atoms with Crippen molar-refractivity contribution >= 4 is 45.7 Å². The maximum atomic E-state index is 12.7. The number of fused-ring (bicyclic) bond motifs is 1. The summed E-state index contributed by atoms with van der Waals surface area (Å²) in [4.78, 5) is 12.7. The van der Waals surface area contributed by atoms with Gasteiger partial charge in [0.2, 0.25) is 11.1 Å². The molecule has 1 atom stereocenters. The van der Waals surface area contributed by atoms with Crippen LogP contribution in [0.3, 0.4) is 0 Å². The number of nitrogens with zero attached hydrogens (tertiary/aromatic N) is 4. The smallest absolute Gasteiger partial charge is 0.237 e. The molecule has 1 amide bonds. The Kier molecular flexibility index (Phi) is 5.27. The van der Waals surface area contributed by atoms with Crippen molar-refractivity contribution in [3.8, 4) is 5.69 Å². The van der Waals surface area contributed by atoms with Gasteiger partial charge in [-0.2, -0.15) is 4.68 Å². The second-order valence-corrected chi connectivity index (χ2v) is 7.87. The van der Waals surface area contributed by atoms with Crippen molar-refractivity contribution in [1.82, 2.24) is 20.2 Å². The van der Waals surface area contributed by atoms with E-state index in [4.69, 9.17) is 11.6 Å². The number of carbonyl (C=O) groups excluding carboxylic acids is 1. The number of benzene rings is 3. The number of carbonyl (C=O) groups is 1. The second kappa shape index (κ2) is 8.00. The fourth-order valence-electron chi connectivity index (χ4n) is 2.78. The third-order valence-corrected chi connectivity index (χ3v) is 5.50. The Morgan fingerprint density at radius 3 is 2.64 bits per heavy atom. The van der Waals surface area contributed by atoms with Crippen LogP contribution < -0.4 is 5.32 Å². The first-order valence-corrected chi connectivity index (χ1v) is 9.87. The van der Waals surface area contributed by atoms with E-state index in [-0.39, 0.29) is 5.91 Å². The molecule has 1 heterocycles. The Morgan fingerprint density at radius 1 is 1.07 bits per heavy atom. The molecular weight excluding hydrogens is 394 g/mol. The van der Waals surface area contributed by atoms with Crippen molar-refractivity contribution in [2.45, 2.75) is 17.3 Å². The lowest BCUT2D eigenvalue weighted by molar-refractivity contribution is -0.115. The molecule has 0 aliphatic heterocycles. The molecule has 1 N–H and O–H groups in total. The van der Waals surface area contributed by atoms with E-state index in [9.17, 15) is 4.79 Å². The number of thioether (sulfide) groups is 1. The summed E-state index contributed by atoms with van der Waals surface area (Å²) in [5, 5.41) is 17.7. The number of hydrogen-bond acceptors (Lipinski definition) is 5. The van der Waals surface area contributed by atoms with Crippen LogP contribution >= 0.6 is 23.4 Å². The summed E-state index contributed by atoms with van der Waals surface area (Å²) in [6.07, 6.45) is 0. The van der Waals surface area contributed by atoms with E-state index in [2.05, 4.69) is 20.8 Å². The molecule has 0 unspecified atom stereocenters. The molecule has 0 saturated heterocycles. The van der Waals surface area contributed by atoms with Gasteiger partial charge >= 0.3 is 0 Å². The monoisotopic (exact) mass is 409 g/mol. The highest BCUT2D eigenvalue weighted by atomic mass is 35.5. The predicted octanol–water partition coefficient (Wildman–Crippen LogP) is 4.59. The number of halogens is 1. The van der Waals surface area contributed by atoms with E-state index in [0.717, 1.165) is 22.1 Å². The lowest BCUT2D eigenvalue weighted by atomic mass is 10.1. The van der Waals surface area contributed by atoms with Gasteiger partial charge in [-0.1, -0.05) is 59.8 Å². The third kappa shape index (κ3) is 3.85. The lowest BCUT2D eigenvalue weighted by Gasteiger charge is -2.13. The maximum absolute atomic E-state index is 12.7. The topological polar surface area (TPSA) is 72.7 Å². The van der Waals surface area contributed by atoms with Gasteiger partial charge in [0, 0.05) is 16.1 Å². The van der Waals surface area contributed by atoms with Gasteiger partial charge in [-0.15, -0.1) is 5.10 Å². The third-order valence-electron chi connectivity index (χ3n) is 4.21. The number of nitrogens with one attached hydrogen (secondary N) is 1. The number of anilines is 1. The van der Waals surface area contributed by atoms with Crippen LogP contribution in [0.25, 0.3) is 16.5 Å². The lowest BCUT2D eigenvalue weighted by Crippen LogP contribution is -2.23. The number of amides is 1. The number of tetrazole rings is 1. The van der Waals surface area contributed by atoms with Crippen molar-refractivity contribution < 1.29 is 4.79 Å². The highest BCUT2D eigenvalue weighted by Crippen LogP contribution is 2.27. The summed E-state index contributed by atoms with van der Waals surface area (Å²) in [7, 11) is 0. The Morgan fingerprint density at radius 2 is 1.82 bits per heavy atom. The summed E-state index contributed by atoms with van der Waals surface area (Å²) in [5.41, 5.74) is 1.56. The number of hydrogen-bond donors (Lipinski definition) is 1. The standard InChI is InChI=1S/C20H16ClN5OS/c1-13(19(27)22-18-8-4-6-14-5-2-3-7-17(14)18)28-20-23-24-25-26(20)16-11-9-15(21)10-12-16/h2-13H,1H3,(H,22,27)/t13-/m0/s1. The van der Waals surface area contributed by atoms with E-state index in [1.807, 2.05) is 61.5 Å². The first-order valence-electron chi connectivity index (χ1n) is 8.61. The molecule has 3 aromatic carbocycles. The molecule has 1 aromatic heterocycles. The second-order valence-electron chi connectivity index (χ2n) is 6.13. The zero-order valence-electron chi connectivity index (χ0n) is 14.9. The van der Waals surface area contributed by atoms with Crippen LogP contribution in [0.4, 0.5) is 5.69 Å². The van der Waals surface area contributed by atoms with E-state index in [0.29, 0.717) is 10.2 Å².